The third-order valence-electron chi connectivity index (χ3n) is 6.75. The summed E-state index contributed by atoms with van der Waals surface area (Å²) in [6.07, 6.45) is 6.81. The summed E-state index contributed by atoms with van der Waals surface area (Å²) in [5.41, 5.74) is 5.07. The van der Waals surface area contributed by atoms with Gasteiger partial charge in [-0.15, -0.1) is 0 Å². The van der Waals surface area contributed by atoms with E-state index in [1.807, 2.05) is 6.07 Å². The summed E-state index contributed by atoms with van der Waals surface area (Å²) in [4.78, 5) is 10.8. The van der Waals surface area contributed by atoms with Crippen molar-refractivity contribution in [1.82, 2.24) is 9.78 Å². The second-order valence-corrected chi connectivity index (χ2v) is 9.52. The molecule has 2 aromatic carbocycles. The number of aromatic nitrogens is 2. The fourth-order valence-electron chi connectivity index (χ4n) is 5.00. The predicted octanol–water partition coefficient (Wildman–Crippen LogP) is 5.05. The van der Waals surface area contributed by atoms with E-state index in [1.54, 1.807) is 29.0 Å². The molecule has 0 radical (unpaired) electrons. The van der Waals surface area contributed by atoms with Gasteiger partial charge in [0.2, 0.25) is 0 Å². The number of aliphatic carboxylic acids is 1. The molecule has 0 aliphatic heterocycles. The Morgan fingerprint density at radius 2 is 1.89 bits per heavy atom. The van der Waals surface area contributed by atoms with E-state index in [1.165, 1.54) is 17.7 Å². The number of nitrogens with zero attached hydrogens (tertiary/aromatic N) is 2. The van der Waals surface area contributed by atoms with E-state index in [4.69, 9.17) is 10.2 Å². The lowest BCUT2D eigenvalue weighted by molar-refractivity contribution is -0.139. The number of benzene rings is 2. The highest BCUT2D eigenvalue weighted by Gasteiger charge is 2.27. The van der Waals surface area contributed by atoms with Gasteiger partial charge in [0, 0.05) is 17.9 Å². The third-order valence-corrected chi connectivity index (χ3v) is 6.75. The maximum absolute atomic E-state index is 13.6. The Bertz CT molecular complexity index is 1170. The molecule has 0 bridgehead atoms. The molecule has 1 heterocycles. The average molecular weight is 493 g/mol. The van der Waals surface area contributed by atoms with E-state index < -0.39 is 24.6 Å². The highest BCUT2D eigenvalue weighted by atomic mass is 19.1. The third kappa shape index (κ3) is 6.68. The van der Waals surface area contributed by atoms with Crippen molar-refractivity contribution in [2.45, 2.75) is 69.5 Å². The van der Waals surface area contributed by atoms with Gasteiger partial charge in [-0.3, -0.25) is 4.79 Å². The lowest BCUT2D eigenvalue weighted by Gasteiger charge is -2.21. The minimum Gasteiger partial charge on any atom is -0.481 e. The Balaban J connectivity index is 1.57. The maximum atomic E-state index is 13.6. The molecule has 0 amide bonds. The molecule has 3 atom stereocenters. The van der Waals surface area contributed by atoms with Gasteiger partial charge >= 0.3 is 5.97 Å². The van der Waals surface area contributed by atoms with Crippen LogP contribution in [0.3, 0.4) is 0 Å². The molecule has 6 nitrogen and oxygen atoms in total. The van der Waals surface area contributed by atoms with Crippen LogP contribution in [0.4, 0.5) is 4.39 Å². The number of fused-ring (bicyclic) bond motifs is 1. The number of hydrogen-bond acceptors (Lipinski definition) is 4. The van der Waals surface area contributed by atoms with Crippen LogP contribution in [0.25, 0.3) is 11.8 Å². The molecule has 0 saturated heterocycles. The number of aliphatic hydroxyl groups is 2. The Morgan fingerprint density at radius 1 is 1.14 bits per heavy atom. The van der Waals surface area contributed by atoms with E-state index in [-0.39, 0.29) is 12.2 Å². The van der Waals surface area contributed by atoms with Gasteiger partial charge in [-0.25, -0.2) is 9.07 Å². The zero-order chi connectivity index (χ0) is 25.5. The zero-order valence-corrected chi connectivity index (χ0v) is 20.3. The molecule has 3 N–H and O–H groups in total. The summed E-state index contributed by atoms with van der Waals surface area (Å²) < 4.78 is 15.4. The fraction of sp³-hybridized carbons (Fsp3) is 0.379. The Morgan fingerprint density at radius 3 is 2.61 bits per heavy atom. The first kappa shape index (κ1) is 25.8. The van der Waals surface area contributed by atoms with Crippen LogP contribution in [0.1, 0.15) is 67.0 Å². The quantitative estimate of drug-likeness (QED) is 0.348. The number of halogens is 1. The highest BCUT2D eigenvalue weighted by Crippen LogP contribution is 2.37. The maximum Gasteiger partial charge on any atom is 0.305 e. The number of rotatable bonds is 11. The summed E-state index contributed by atoms with van der Waals surface area (Å²) in [6, 6.07) is 16.6. The minimum absolute atomic E-state index is 0.0716. The van der Waals surface area contributed by atoms with Gasteiger partial charge < -0.3 is 15.3 Å². The molecular weight excluding hydrogens is 459 g/mol. The van der Waals surface area contributed by atoms with E-state index in [2.05, 4.69) is 24.3 Å². The van der Waals surface area contributed by atoms with Crippen LogP contribution in [-0.4, -0.2) is 43.3 Å². The number of carboxylic acid groups (broad SMARTS) is 1. The van der Waals surface area contributed by atoms with Crippen molar-refractivity contribution >= 4 is 12.0 Å². The molecule has 0 fully saturated rings. The van der Waals surface area contributed by atoms with Crippen LogP contribution >= 0.6 is 0 Å². The number of carbonyl (C=O) groups is 1. The molecule has 0 spiro atoms. The number of hydrogen-bond donors (Lipinski definition) is 3. The van der Waals surface area contributed by atoms with Crippen LogP contribution in [-0.2, 0) is 17.6 Å². The van der Waals surface area contributed by atoms with Gasteiger partial charge in [-0.05, 0) is 74.4 Å². The van der Waals surface area contributed by atoms with Gasteiger partial charge in [-0.2, -0.15) is 5.10 Å². The average Bonchev–Trinajstić information content (AvgIpc) is 3.22. The minimum atomic E-state index is -1.13. The monoisotopic (exact) mass is 492 g/mol. The number of aliphatic hydroxyl groups excluding tert-OH is 2. The van der Waals surface area contributed by atoms with Crippen molar-refractivity contribution in [2.24, 2.45) is 0 Å². The topological polar surface area (TPSA) is 95.6 Å². The Labute approximate surface area is 210 Å². The van der Waals surface area contributed by atoms with Gasteiger partial charge in [0.05, 0.1) is 35.7 Å². The van der Waals surface area contributed by atoms with Crippen molar-refractivity contribution in [3.8, 4) is 5.69 Å². The number of aryl methyl sites for hydroxylation is 1. The first-order valence-corrected chi connectivity index (χ1v) is 12.6. The van der Waals surface area contributed by atoms with Gasteiger partial charge in [0.15, 0.2) is 0 Å². The van der Waals surface area contributed by atoms with Crippen molar-refractivity contribution in [3.63, 3.8) is 0 Å². The molecule has 190 valence electrons. The number of carboxylic acids is 1. The first-order chi connectivity index (χ1) is 17.4. The predicted molar refractivity (Wildman–Crippen MR) is 136 cm³/mol. The smallest absolute Gasteiger partial charge is 0.305 e. The van der Waals surface area contributed by atoms with Gasteiger partial charge in [0.1, 0.15) is 5.82 Å². The zero-order valence-electron chi connectivity index (χ0n) is 20.3. The van der Waals surface area contributed by atoms with Crippen molar-refractivity contribution < 1.29 is 24.5 Å². The molecule has 7 heteroatoms. The van der Waals surface area contributed by atoms with E-state index in [9.17, 15) is 19.4 Å². The van der Waals surface area contributed by atoms with Crippen molar-refractivity contribution in [1.29, 1.82) is 0 Å². The van der Waals surface area contributed by atoms with E-state index in [0.717, 1.165) is 61.2 Å². The van der Waals surface area contributed by atoms with E-state index in [0.29, 0.717) is 5.92 Å². The summed E-state index contributed by atoms with van der Waals surface area (Å²) in [7, 11) is 0. The second kappa shape index (κ2) is 12.1. The van der Waals surface area contributed by atoms with Crippen LogP contribution < -0.4 is 0 Å². The van der Waals surface area contributed by atoms with Gasteiger partial charge in [-0.1, -0.05) is 36.4 Å². The molecule has 36 heavy (non-hydrogen) atoms. The molecule has 4 rings (SSSR count). The molecule has 1 unspecified atom stereocenters. The summed E-state index contributed by atoms with van der Waals surface area (Å²) in [5, 5.41) is 34.1. The standard InChI is InChI=1S/C29H33FN2O4/c30-22-12-14-23(15-13-22)32-27(17-16-24(33)18-25(34)19-28(35)36)26-11-5-10-21(29(26)31-32)9-4-8-20-6-2-1-3-7-20/h1-3,6-7,12-17,21,24-25,33-34H,4-5,8-11,18-19H2,(H,35,36)/b17-16+/t21?,24-,25-/m0/s1. The largest absolute Gasteiger partial charge is 0.481 e. The molecule has 1 aliphatic rings. The van der Waals surface area contributed by atoms with Crippen LogP contribution in [0, 0.1) is 5.82 Å². The molecule has 0 saturated carbocycles. The van der Waals surface area contributed by atoms with Crippen molar-refractivity contribution in [2.75, 3.05) is 0 Å². The summed E-state index contributed by atoms with van der Waals surface area (Å²) in [6.45, 7) is 0. The summed E-state index contributed by atoms with van der Waals surface area (Å²) in [5.74, 6) is -1.11. The highest BCUT2D eigenvalue weighted by molar-refractivity contribution is 5.67. The van der Waals surface area contributed by atoms with Crippen LogP contribution in [0.15, 0.2) is 60.7 Å². The lowest BCUT2D eigenvalue weighted by Crippen LogP contribution is -2.19. The second-order valence-electron chi connectivity index (χ2n) is 9.52. The molecule has 3 aromatic rings. The Hall–Kier alpha value is -3.29. The molecule has 1 aliphatic carbocycles. The molecular formula is C29H33FN2O4. The van der Waals surface area contributed by atoms with Crippen LogP contribution in [0.5, 0.6) is 0 Å². The first-order valence-electron chi connectivity index (χ1n) is 12.6. The van der Waals surface area contributed by atoms with Crippen molar-refractivity contribution in [3.05, 3.63) is 89.0 Å². The summed E-state index contributed by atoms with van der Waals surface area (Å²) >= 11 is 0. The molecule has 1 aromatic heterocycles. The SMILES string of the molecule is O=C(O)C[C@@H](O)C[C@@H](O)/C=C/c1c2c(nn1-c1ccc(F)cc1)C(CCCc1ccccc1)CCC2. The lowest BCUT2D eigenvalue weighted by atomic mass is 9.83. The Kier molecular flexibility index (Phi) is 8.67. The van der Waals surface area contributed by atoms with E-state index >= 15 is 0 Å². The fourth-order valence-corrected chi connectivity index (χ4v) is 5.00. The van der Waals surface area contributed by atoms with Gasteiger partial charge in [0.25, 0.3) is 0 Å². The van der Waals surface area contributed by atoms with Crippen LogP contribution in [0.2, 0.25) is 0 Å². The normalized spacial score (nSPS) is 17.1.